The van der Waals surface area contributed by atoms with Gasteiger partial charge in [-0.3, -0.25) is 0 Å². The molecule has 0 heterocycles. The number of hydrogen-bond donors (Lipinski definition) is 2. The van der Waals surface area contributed by atoms with Crippen LogP contribution in [-0.2, 0) is 0 Å². The highest BCUT2D eigenvalue weighted by atomic mass is 16.5. The molecular weight excluding hydrogens is 304 g/mol. The molecule has 24 heavy (non-hydrogen) atoms. The molecule has 0 fully saturated rings. The Morgan fingerprint density at radius 3 is 2.62 bits per heavy atom. The van der Waals surface area contributed by atoms with E-state index >= 15 is 0 Å². The summed E-state index contributed by atoms with van der Waals surface area (Å²) in [6.07, 6.45) is 1.66. The summed E-state index contributed by atoms with van der Waals surface area (Å²) in [5.41, 5.74) is 1.66. The lowest BCUT2D eigenvalue weighted by Gasteiger charge is -2.16. The van der Waals surface area contributed by atoms with Gasteiger partial charge < -0.3 is 20.1 Å². The average molecular weight is 326 g/mol. The van der Waals surface area contributed by atoms with Crippen LogP contribution in [0.4, 0.5) is 10.5 Å². The molecule has 0 aromatic heterocycles. The third kappa shape index (κ3) is 4.78. The molecule has 0 aliphatic carbocycles. The van der Waals surface area contributed by atoms with E-state index < -0.39 is 0 Å². The molecule has 126 valence electrons. The van der Waals surface area contributed by atoms with Gasteiger partial charge in [-0.2, -0.15) is 0 Å². The zero-order valence-electron chi connectivity index (χ0n) is 13.9. The molecular formula is C19H22N2O3. The Morgan fingerprint density at radius 2 is 1.96 bits per heavy atom. The van der Waals surface area contributed by atoms with Gasteiger partial charge in [0.2, 0.25) is 0 Å². The standard InChI is InChI=1S/C19H22N2O3/c1-4-12-24-17-11-10-16(13-18(17)23-3)21-19(22)20-14(2)15-8-6-5-7-9-15/h4-11,13-14H,1,12H2,2-3H3,(H2,20,21,22)/t14-/m0/s1. The first-order chi connectivity index (χ1) is 11.6. The van der Waals surface area contributed by atoms with Crippen LogP contribution in [0.3, 0.4) is 0 Å². The van der Waals surface area contributed by atoms with Crippen LogP contribution < -0.4 is 20.1 Å². The lowest BCUT2D eigenvalue weighted by atomic mass is 10.1. The van der Waals surface area contributed by atoms with E-state index in [1.54, 1.807) is 31.4 Å². The van der Waals surface area contributed by atoms with Crippen LogP contribution in [0.25, 0.3) is 0 Å². The second kappa shape index (κ2) is 8.62. The highest BCUT2D eigenvalue weighted by Crippen LogP contribution is 2.30. The van der Waals surface area contributed by atoms with Gasteiger partial charge in [0.15, 0.2) is 11.5 Å². The molecule has 0 radical (unpaired) electrons. The first kappa shape index (κ1) is 17.4. The lowest BCUT2D eigenvalue weighted by molar-refractivity contribution is 0.249. The monoisotopic (exact) mass is 326 g/mol. The maximum atomic E-state index is 12.1. The molecule has 2 N–H and O–H groups in total. The smallest absolute Gasteiger partial charge is 0.319 e. The molecule has 0 saturated heterocycles. The Kier molecular flexibility index (Phi) is 6.25. The summed E-state index contributed by atoms with van der Waals surface area (Å²) in [4.78, 5) is 12.1. The number of anilines is 1. The molecule has 0 saturated carbocycles. The SMILES string of the molecule is C=CCOc1ccc(NC(=O)N[C@@H](C)c2ccccc2)cc1OC. The van der Waals surface area contributed by atoms with E-state index in [2.05, 4.69) is 17.2 Å². The molecule has 2 amide bonds. The highest BCUT2D eigenvalue weighted by molar-refractivity contribution is 5.89. The van der Waals surface area contributed by atoms with E-state index in [1.165, 1.54) is 0 Å². The Balaban J connectivity index is 1.99. The maximum absolute atomic E-state index is 12.1. The van der Waals surface area contributed by atoms with E-state index in [9.17, 15) is 4.79 Å². The number of hydrogen-bond acceptors (Lipinski definition) is 3. The van der Waals surface area contributed by atoms with Crippen molar-refractivity contribution in [2.45, 2.75) is 13.0 Å². The number of carbonyl (C=O) groups excluding carboxylic acids is 1. The third-order valence-electron chi connectivity index (χ3n) is 3.43. The second-order valence-electron chi connectivity index (χ2n) is 5.20. The minimum absolute atomic E-state index is 0.0942. The largest absolute Gasteiger partial charge is 0.493 e. The van der Waals surface area contributed by atoms with Crippen LogP contribution >= 0.6 is 0 Å². The first-order valence-electron chi connectivity index (χ1n) is 7.68. The van der Waals surface area contributed by atoms with Crippen LogP contribution in [0.15, 0.2) is 61.2 Å². The second-order valence-corrected chi connectivity index (χ2v) is 5.20. The fraction of sp³-hybridized carbons (Fsp3) is 0.211. The number of amides is 2. The van der Waals surface area contributed by atoms with Crippen LogP contribution in [0.5, 0.6) is 11.5 Å². The first-order valence-corrected chi connectivity index (χ1v) is 7.68. The fourth-order valence-corrected chi connectivity index (χ4v) is 2.20. The normalized spacial score (nSPS) is 11.2. The van der Waals surface area contributed by atoms with Crippen molar-refractivity contribution >= 4 is 11.7 Å². The predicted octanol–water partition coefficient (Wildman–Crippen LogP) is 4.14. The van der Waals surface area contributed by atoms with Crippen LogP contribution in [-0.4, -0.2) is 19.7 Å². The number of urea groups is 1. The van der Waals surface area contributed by atoms with E-state index in [4.69, 9.17) is 9.47 Å². The quantitative estimate of drug-likeness (QED) is 0.752. The van der Waals surface area contributed by atoms with Crippen molar-refractivity contribution in [1.29, 1.82) is 0 Å². The summed E-state index contributed by atoms with van der Waals surface area (Å²) in [6, 6.07) is 14.6. The number of benzene rings is 2. The molecule has 5 heteroatoms. The minimum Gasteiger partial charge on any atom is -0.493 e. The zero-order valence-corrected chi connectivity index (χ0v) is 13.9. The van der Waals surface area contributed by atoms with Crippen LogP contribution in [0.1, 0.15) is 18.5 Å². The Bertz CT molecular complexity index is 686. The molecule has 1 atom stereocenters. The maximum Gasteiger partial charge on any atom is 0.319 e. The fourth-order valence-electron chi connectivity index (χ4n) is 2.20. The highest BCUT2D eigenvalue weighted by Gasteiger charge is 2.11. The van der Waals surface area contributed by atoms with Crippen LogP contribution in [0.2, 0.25) is 0 Å². The number of nitrogens with one attached hydrogen (secondary N) is 2. The zero-order chi connectivity index (χ0) is 17.4. The van der Waals surface area contributed by atoms with Gasteiger partial charge in [0.05, 0.1) is 13.2 Å². The summed E-state index contributed by atoms with van der Waals surface area (Å²) in [6.45, 7) is 5.93. The minimum atomic E-state index is -0.284. The number of rotatable bonds is 7. The van der Waals surface area contributed by atoms with E-state index in [0.29, 0.717) is 23.8 Å². The average Bonchev–Trinajstić information content (AvgIpc) is 2.61. The van der Waals surface area contributed by atoms with E-state index in [-0.39, 0.29) is 12.1 Å². The Labute approximate surface area is 142 Å². The Morgan fingerprint density at radius 1 is 1.21 bits per heavy atom. The summed E-state index contributed by atoms with van der Waals surface area (Å²) >= 11 is 0. The third-order valence-corrected chi connectivity index (χ3v) is 3.43. The van der Waals surface area contributed by atoms with Crippen molar-refractivity contribution in [3.8, 4) is 11.5 Å². The topological polar surface area (TPSA) is 59.6 Å². The van der Waals surface area contributed by atoms with Crippen LogP contribution in [0, 0.1) is 0 Å². The lowest BCUT2D eigenvalue weighted by Crippen LogP contribution is -2.31. The van der Waals surface area contributed by atoms with Crippen molar-refractivity contribution < 1.29 is 14.3 Å². The van der Waals surface area contributed by atoms with Gasteiger partial charge in [-0.05, 0) is 24.6 Å². The van der Waals surface area contributed by atoms with Gasteiger partial charge in [0, 0.05) is 11.8 Å². The molecule has 0 aliphatic heterocycles. The van der Waals surface area contributed by atoms with Crippen molar-refractivity contribution in [2.75, 3.05) is 19.0 Å². The number of methoxy groups -OCH3 is 1. The van der Waals surface area contributed by atoms with Gasteiger partial charge in [-0.25, -0.2) is 4.79 Å². The van der Waals surface area contributed by atoms with Crippen molar-refractivity contribution in [1.82, 2.24) is 5.32 Å². The summed E-state index contributed by atoms with van der Waals surface area (Å²) in [7, 11) is 1.55. The number of carbonyl (C=O) groups is 1. The predicted molar refractivity (Wildman–Crippen MR) is 95.7 cm³/mol. The molecule has 0 unspecified atom stereocenters. The summed E-state index contributed by atoms with van der Waals surface area (Å²) in [5, 5.41) is 5.69. The molecule has 2 aromatic carbocycles. The molecule has 0 bridgehead atoms. The van der Waals surface area contributed by atoms with Gasteiger partial charge in [0.25, 0.3) is 0 Å². The van der Waals surface area contributed by atoms with Gasteiger partial charge in [-0.15, -0.1) is 0 Å². The Hall–Kier alpha value is -2.95. The molecule has 0 spiro atoms. The van der Waals surface area contributed by atoms with Crippen molar-refractivity contribution in [3.63, 3.8) is 0 Å². The molecule has 5 nitrogen and oxygen atoms in total. The summed E-state index contributed by atoms with van der Waals surface area (Å²) < 4.78 is 10.8. The molecule has 2 rings (SSSR count). The number of ether oxygens (including phenoxy) is 2. The van der Waals surface area contributed by atoms with Gasteiger partial charge in [-0.1, -0.05) is 43.0 Å². The van der Waals surface area contributed by atoms with E-state index in [0.717, 1.165) is 5.56 Å². The molecule has 2 aromatic rings. The van der Waals surface area contributed by atoms with Crippen molar-refractivity contribution in [3.05, 3.63) is 66.7 Å². The van der Waals surface area contributed by atoms with Crippen molar-refractivity contribution in [2.24, 2.45) is 0 Å². The van der Waals surface area contributed by atoms with Gasteiger partial charge >= 0.3 is 6.03 Å². The molecule has 0 aliphatic rings. The van der Waals surface area contributed by atoms with E-state index in [1.807, 2.05) is 37.3 Å². The summed E-state index contributed by atoms with van der Waals surface area (Å²) in [5.74, 6) is 1.15. The van der Waals surface area contributed by atoms with Gasteiger partial charge in [0.1, 0.15) is 6.61 Å².